The van der Waals surface area contributed by atoms with Crippen LogP contribution in [0.4, 0.5) is 5.95 Å². The van der Waals surface area contributed by atoms with E-state index >= 15 is 0 Å². The molecule has 9 nitrogen and oxygen atoms in total. The molecule has 0 unspecified atom stereocenters. The van der Waals surface area contributed by atoms with Crippen LogP contribution in [0.2, 0.25) is 0 Å². The van der Waals surface area contributed by atoms with E-state index in [9.17, 15) is 4.79 Å². The highest BCUT2D eigenvalue weighted by Crippen LogP contribution is 2.55. The third kappa shape index (κ3) is 2.74. The largest absolute Gasteiger partial charge is 0.369 e. The van der Waals surface area contributed by atoms with Crippen LogP contribution in [-0.4, -0.2) is 57.4 Å². The second-order valence-corrected chi connectivity index (χ2v) is 8.77. The van der Waals surface area contributed by atoms with Gasteiger partial charge in [0.2, 0.25) is 5.89 Å². The van der Waals surface area contributed by atoms with Crippen molar-refractivity contribution < 1.29 is 14.1 Å². The number of nitrogens with zero attached hydrogens (tertiary/aromatic N) is 5. The molecule has 1 spiro atoms. The van der Waals surface area contributed by atoms with E-state index in [1.54, 1.807) is 6.20 Å². The Morgan fingerprint density at radius 1 is 1.31 bits per heavy atom. The average Bonchev–Trinajstić information content (AvgIpc) is 3.45. The van der Waals surface area contributed by atoms with Gasteiger partial charge in [-0.15, -0.1) is 0 Å². The van der Waals surface area contributed by atoms with Crippen LogP contribution in [0.15, 0.2) is 23.1 Å². The Kier molecular flexibility index (Phi) is 3.87. The number of nitrogens with one attached hydrogen (secondary N) is 1. The zero-order valence-electron chi connectivity index (χ0n) is 16.2. The predicted molar refractivity (Wildman–Crippen MR) is 101 cm³/mol. The van der Waals surface area contributed by atoms with Crippen LogP contribution in [0, 0.1) is 11.8 Å². The maximum Gasteiger partial charge on any atom is 0.271 e. The maximum atomic E-state index is 12.4. The minimum atomic E-state index is -0.187. The summed E-state index contributed by atoms with van der Waals surface area (Å²) >= 11 is 0. The molecule has 2 aromatic heterocycles. The number of fused-ring (bicyclic) bond motifs is 1. The summed E-state index contributed by atoms with van der Waals surface area (Å²) in [6.45, 7) is 2.22. The number of amides is 1. The second-order valence-electron chi connectivity index (χ2n) is 8.77. The quantitative estimate of drug-likeness (QED) is 0.811. The molecule has 2 aromatic rings. The van der Waals surface area contributed by atoms with Gasteiger partial charge in [0.05, 0.1) is 24.4 Å². The third-order valence-electron chi connectivity index (χ3n) is 7.25. The molecule has 1 aliphatic carbocycles. The van der Waals surface area contributed by atoms with E-state index in [-0.39, 0.29) is 23.5 Å². The van der Waals surface area contributed by atoms with Crippen LogP contribution in [0.3, 0.4) is 0 Å². The molecular formula is C20H24N6O3. The van der Waals surface area contributed by atoms with Crippen molar-refractivity contribution in [2.24, 2.45) is 11.8 Å². The summed E-state index contributed by atoms with van der Waals surface area (Å²) in [6.07, 6.45) is 10.4. The van der Waals surface area contributed by atoms with Crippen molar-refractivity contribution in [2.45, 2.75) is 49.7 Å². The van der Waals surface area contributed by atoms with Gasteiger partial charge in [0.25, 0.3) is 11.9 Å². The molecule has 5 heterocycles. The Morgan fingerprint density at radius 3 is 3.03 bits per heavy atom. The average molecular weight is 396 g/mol. The standard InChI is InChI=1S/C20H24N6O3/c27-17(15-9-21-6-7-22-15)23-8-13-14-10-26(11-20(14)5-4-16(13)28-20)19-24-18(29-25-19)12-2-1-3-12/h6-7,9,12-14,16H,1-5,8,10-11H2,(H,23,27)/t13-,14+,16+,20+/m0/s1. The Labute approximate surface area is 168 Å². The summed E-state index contributed by atoms with van der Waals surface area (Å²) in [5.74, 6) is 2.35. The molecule has 1 amide bonds. The van der Waals surface area contributed by atoms with Crippen molar-refractivity contribution in [3.8, 4) is 0 Å². The lowest BCUT2D eigenvalue weighted by molar-refractivity contribution is 0.0141. The van der Waals surface area contributed by atoms with E-state index in [1.807, 2.05) is 0 Å². The lowest BCUT2D eigenvalue weighted by Gasteiger charge is -2.29. The molecule has 4 aliphatic rings. The first-order valence-electron chi connectivity index (χ1n) is 10.5. The fourth-order valence-electron chi connectivity index (χ4n) is 5.51. The first-order chi connectivity index (χ1) is 14.2. The monoisotopic (exact) mass is 396 g/mol. The van der Waals surface area contributed by atoms with Crippen molar-refractivity contribution in [1.82, 2.24) is 25.4 Å². The van der Waals surface area contributed by atoms with Gasteiger partial charge < -0.3 is 19.5 Å². The molecule has 29 heavy (non-hydrogen) atoms. The van der Waals surface area contributed by atoms with Crippen LogP contribution in [-0.2, 0) is 4.74 Å². The highest BCUT2D eigenvalue weighted by Gasteiger charge is 2.63. The van der Waals surface area contributed by atoms with Gasteiger partial charge in [-0.3, -0.25) is 9.78 Å². The molecule has 152 valence electrons. The zero-order valence-corrected chi connectivity index (χ0v) is 16.2. The molecule has 3 saturated heterocycles. The van der Waals surface area contributed by atoms with Crippen molar-refractivity contribution in [2.75, 3.05) is 24.5 Å². The second kappa shape index (κ2) is 6.48. The number of hydrogen-bond donors (Lipinski definition) is 1. The zero-order chi connectivity index (χ0) is 19.4. The van der Waals surface area contributed by atoms with Crippen molar-refractivity contribution in [1.29, 1.82) is 0 Å². The third-order valence-corrected chi connectivity index (χ3v) is 7.25. The van der Waals surface area contributed by atoms with Gasteiger partial charge in [0, 0.05) is 43.2 Å². The highest BCUT2D eigenvalue weighted by atomic mass is 16.5. The lowest BCUT2D eigenvalue weighted by atomic mass is 9.73. The first kappa shape index (κ1) is 17.3. The Balaban J connectivity index is 1.15. The SMILES string of the molecule is O=C(NC[C@H]1[C@H]2CN(c3noc(C4CCC4)n3)C[C@]23CC[C@H]1O3)c1cnccn1. The molecule has 0 radical (unpaired) electrons. The number of carbonyl (C=O) groups excluding carboxylic acids is 1. The molecule has 0 aromatic carbocycles. The smallest absolute Gasteiger partial charge is 0.271 e. The molecule has 4 fully saturated rings. The molecule has 1 N–H and O–H groups in total. The van der Waals surface area contributed by atoms with Gasteiger partial charge in [-0.1, -0.05) is 6.42 Å². The fraction of sp³-hybridized carbons (Fsp3) is 0.650. The van der Waals surface area contributed by atoms with Crippen LogP contribution < -0.4 is 10.2 Å². The van der Waals surface area contributed by atoms with Crippen molar-refractivity contribution in [3.05, 3.63) is 30.2 Å². The number of carbonyl (C=O) groups is 1. The Bertz CT molecular complexity index is 916. The highest BCUT2D eigenvalue weighted by molar-refractivity contribution is 5.91. The van der Waals surface area contributed by atoms with Gasteiger partial charge in [0.15, 0.2) is 0 Å². The van der Waals surface area contributed by atoms with E-state index in [2.05, 4.69) is 30.3 Å². The summed E-state index contributed by atoms with van der Waals surface area (Å²) in [4.78, 5) is 27.3. The Hall–Kier alpha value is -2.55. The van der Waals surface area contributed by atoms with Crippen LogP contribution in [0.1, 0.15) is 54.4 Å². The van der Waals surface area contributed by atoms with Gasteiger partial charge in [0.1, 0.15) is 5.69 Å². The molecule has 3 aliphatic heterocycles. The summed E-state index contributed by atoms with van der Waals surface area (Å²) in [5.41, 5.74) is 0.193. The van der Waals surface area contributed by atoms with Crippen LogP contribution >= 0.6 is 0 Å². The summed E-state index contributed by atoms with van der Waals surface area (Å²) < 4.78 is 12.0. The fourth-order valence-corrected chi connectivity index (χ4v) is 5.51. The maximum absolute atomic E-state index is 12.4. The van der Waals surface area contributed by atoms with E-state index in [0.29, 0.717) is 30.0 Å². The molecule has 1 saturated carbocycles. The predicted octanol–water partition coefficient (Wildman–Crippen LogP) is 1.54. The van der Waals surface area contributed by atoms with Gasteiger partial charge >= 0.3 is 0 Å². The molecular weight excluding hydrogens is 372 g/mol. The van der Waals surface area contributed by atoms with Gasteiger partial charge in [-0.25, -0.2) is 4.98 Å². The lowest BCUT2D eigenvalue weighted by Crippen LogP contribution is -2.42. The number of anilines is 1. The summed E-state index contributed by atoms with van der Waals surface area (Å²) in [7, 11) is 0. The summed E-state index contributed by atoms with van der Waals surface area (Å²) in [5, 5.41) is 7.28. The number of hydrogen-bond acceptors (Lipinski definition) is 8. The van der Waals surface area contributed by atoms with Crippen molar-refractivity contribution >= 4 is 11.9 Å². The van der Waals surface area contributed by atoms with Crippen LogP contribution in [0.25, 0.3) is 0 Å². The van der Waals surface area contributed by atoms with E-state index in [4.69, 9.17) is 9.26 Å². The Morgan fingerprint density at radius 2 is 2.24 bits per heavy atom. The first-order valence-corrected chi connectivity index (χ1v) is 10.5. The van der Waals surface area contributed by atoms with Crippen LogP contribution in [0.5, 0.6) is 0 Å². The van der Waals surface area contributed by atoms with E-state index in [1.165, 1.54) is 18.8 Å². The van der Waals surface area contributed by atoms with Gasteiger partial charge in [-0.05, 0) is 30.8 Å². The minimum Gasteiger partial charge on any atom is -0.369 e. The summed E-state index contributed by atoms with van der Waals surface area (Å²) in [6, 6.07) is 0. The number of ether oxygens (including phenoxy) is 1. The van der Waals surface area contributed by atoms with E-state index in [0.717, 1.165) is 44.7 Å². The number of aromatic nitrogens is 4. The van der Waals surface area contributed by atoms with Gasteiger partial charge in [-0.2, -0.15) is 4.98 Å². The topological polar surface area (TPSA) is 106 Å². The normalized spacial score (nSPS) is 33.0. The number of rotatable bonds is 5. The minimum absolute atomic E-state index is 0.149. The van der Waals surface area contributed by atoms with Crippen molar-refractivity contribution in [3.63, 3.8) is 0 Å². The molecule has 4 atom stereocenters. The van der Waals surface area contributed by atoms with E-state index < -0.39 is 0 Å². The molecule has 6 rings (SSSR count). The molecule has 2 bridgehead atoms. The molecule has 9 heteroatoms.